The highest BCUT2D eigenvalue weighted by Crippen LogP contribution is 2.15. The molecule has 27 heavy (non-hydrogen) atoms. The van der Waals surface area contributed by atoms with Gasteiger partial charge in [-0.1, -0.05) is 12.1 Å². The monoisotopic (exact) mass is 384 g/mol. The number of piperazine rings is 1. The Hall–Kier alpha value is -2.44. The fourth-order valence-corrected chi connectivity index (χ4v) is 3.66. The van der Waals surface area contributed by atoms with E-state index >= 15 is 0 Å². The molecule has 0 saturated carbocycles. The molecule has 2 amide bonds. The van der Waals surface area contributed by atoms with Crippen LogP contribution in [-0.2, 0) is 4.79 Å². The van der Waals surface area contributed by atoms with E-state index in [4.69, 9.17) is 0 Å². The Balaban J connectivity index is 1.82. The summed E-state index contributed by atoms with van der Waals surface area (Å²) in [6.45, 7) is 7.23. The van der Waals surface area contributed by atoms with Crippen LogP contribution in [0.5, 0.6) is 0 Å². The molecule has 2 aromatic rings. The number of quaternary nitrogens is 1. The molecule has 2 heterocycles. The zero-order chi connectivity index (χ0) is 19.4. The predicted octanol–water partition coefficient (Wildman–Crippen LogP) is 1.49. The topological polar surface area (TPSA) is 53.9 Å². The van der Waals surface area contributed by atoms with Crippen LogP contribution in [0.15, 0.2) is 41.4 Å². The van der Waals surface area contributed by atoms with Gasteiger partial charge in [0.2, 0.25) is 0 Å². The molecule has 1 aliphatic rings. The first-order valence-electron chi connectivity index (χ1n) is 9.18. The number of thiophene rings is 1. The molecule has 1 aliphatic heterocycles. The van der Waals surface area contributed by atoms with Crippen LogP contribution in [0.2, 0.25) is 0 Å². The van der Waals surface area contributed by atoms with Crippen LogP contribution in [0.25, 0.3) is 6.08 Å². The van der Waals surface area contributed by atoms with Crippen LogP contribution in [-0.4, -0.2) is 49.9 Å². The van der Waals surface area contributed by atoms with Crippen LogP contribution < -0.4 is 10.2 Å². The van der Waals surface area contributed by atoms with Gasteiger partial charge in [-0.15, -0.1) is 11.3 Å². The van der Waals surface area contributed by atoms with Crippen LogP contribution in [0.3, 0.4) is 0 Å². The molecule has 142 valence electrons. The zero-order valence-corrected chi connectivity index (χ0v) is 16.9. The number of rotatable bonds is 4. The fourth-order valence-electron chi connectivity index (χ4n) is 3.01. The standard InChI is InChI=1S/C21H25N3O2S/c1-15-6-7-17(13-16(15)2)20(25)22-19(14-18-5-4-12-27-18)21(26)24-10-8-23(3)9-11-24/h4-7,12-14H,8-11H2,1-3H3,(H,22,25)/p+1/b19-14-. The number of carbonyl (C=O) groups is 2. The molecule has 1 fully saturated rings. The highest BCUT2D eigenvalue weighted by molar-refractivity contribution is 7.10. The lowest BCUT2D eigenvalue weighted by molar-refractivity contribution is -0.883. The fraction of sp³-hybridized carbons (Fsp3) is 0.333. The third-order valence-electron chi connectivity index (χ3n) is 4.98. The molecular weight excluding hydrogens is 358 g/mol. The quantitative estimate of drug-likeness (QED) is 0.785. The first-order chi connectivity index (χ1) is 12.9. The SMILES string of the molecule is Cc1ccc(C(=O)N/C(=C\c2cccs2)C(=O)N2CC[NH+](C)CC2)cc1C. The van der Waals surface area contributed by atoms with Gasteiger partial charge in [-0.25, -0.2) is 0 Å². The Morgan fingerprint density at radius 1 is 1.15 bits per heavy atom. The van der Waals surface area contributed by atoms with Crippen LogP contribution in [0.4, 0.5) is 0 Å². The molecule has 2 N–H and O–H groups in total. The van der Waals surface area contributed by atoms with Crippen molar-refractivity contribution < 1.29 is 14.5 Å². The Morgan fingerprint density at radius 2 is 1.89 bits per heavy atom. The van der Waals surface area contributed by atoms with Crippen molar-refractivity contribution in [3.05, 3.63) is 63.0 Å². The second-order valence-electron chi connectivity index (χ2n) is 7.08. The Bertz CT molecular complexity index is 850. The number of hydrogen-bond donors (Lipinski definition) is 2. The molecule has 3 rings (SSSR count). The molecule has 0 atom stereocenters. The van der Waals surface area contributed by atoms with Crippen molar-refractivity contribution in [1.82, 2.24) is 10.2 Å². The first-order valence-corrected chi connectivity index (χ1v) is 10.1. The molecule has 1 saturated heterocycles. The van der Waals surface area contributed by atoms with Crippen molar-refractivity contribution in [3.63, 3.8) is 0 Å². The van der Waals surface area contributed by atoms with Gasteiger partial charge in [0.05, 0.1) is 33.2 Å². The summed E-state index contributed by atoms with van der Waals surface area (Å²) in [5, 5.41) is 4.81. The number of amides is 2. The van der Waals surface area contributed by atoms with E-state index in [0.717, 1.165) is 29.1 Å². The summed E-state index contributed by atoms with van der Waals surface area (Å²) in [5.41, 5.74) is 3.09. The minimum Gasteiger partial charge on any atom is -0.334 e. The summed E-state index contributed by atoms with van der Waals surface area (Å²) in [5.74, 6) is -0.373. The van der Waals surface area contributed by atoms with E-state index in [-0.39, 0.29) is 11.8 Å². The second kappa shape index (κ2) is 8.50. The Kier molecular flexibility index (Phi) is 6.08. The van der Waals surface area contributed by atoms with Gasteiger partial charge in [0.15, 0.2) is 0 Å². The van der Waals surface area contributed by atoms with Gasteiger partial charge in [-0.2, -0.15) is 0 Å². The molecule has 6 heteroatoms. The molecule has 5 nitrogen and oxygen atoms in total. The third kappa shape index (κ3) is 4.84. The van der Waals surface area contributed by atoms with Gasteiger partial charge >= 0.3 is 0 Å². The maximum atomic E-state index is 13.1. The smallest absolute Gasteiger partial charge is 0.270 e. The Morgan fingerprint density at radius 3 is 2.52 bits per heavy atom. The molecule has 0 aliphatic carbocycles. The largest absolute Gasteiger partial charge is 0.334 e. The van der Waals surface area contributed by atoms with E-state index < -0.39 is 0 Å². The molecule has 0 bridgehead atoms. The van der Waals surface area contributed by atoms with Crippen molar-refractivity contribution in [2.45, 2.75) is 13.8 Å². The molecule has 0 spiro atoms. The molecule has 0 unspecified atom stereocenters. The number of likely N-dealkylation sites (N-methyl/N-ethyl adjacent to an activating group) is 1. The number of carbonyl (C=O) groups excluding carboxylic acids is 2. The summed E-state index contributed by atoms with van der Waals surface area (Å²) in [7, 11) is 2.13. The number of benzene rings is 1. The molecule has 0 radical (unpaired) electrons. The summed E-state index contributed by atoms with van der Waals surface area (Å²) in [6.07, 6.45) is 1.77. The van der Waals surface area contributed by atoms with Crippen molar-refractivity contribution >= 4 is 29.2 Å². The van der Waals surface area contributed by atoms with Gasteiger partial charge in [-0.3, -0.25) is 9.59 Å². The maximum absolute atomic E-state index is 13.1. The van der Waals surface area contributed by atoms with Crippen LogP contribution >= 0.6 is 11.3 Å². The summed E-state index contributed by atoms with van der Waals surface area (Å²) < 4.78 is 0. The summed E-state index contributed by atoms with van der Waals surface area (Å²) >= 11 is 1.54. The first kappa shape index (κ1) is 19.3. The maximum Gasteiger partial charge on any atom is 0.270 e. The average Bonchev–Trinajstić information content (AvgIpc) is 3.16. The van der Waals surface area contributed by atoms with Crippen LogP contribution in [0, 0.1) is 13.8 Å². The van der Waals surface area contributed by atoms with E-state index in [1.807, 2.05) is 48.4 Å². The predicted molar refractivity (Wildman–Crippen MR) is 109 cm³/mol. The van der Waals surface area contributed by atoms with E-state index in [1.54, 1.807) is 23.5 Å². The second-order valence-corrected chi connectivity index (χ2v) is 8.06. The minimum atomic E-state index is -0.256. The van der Waals surface area contributed by atoms with E-state index in [1.165, 1.54) is 4.90 Å². The number of aryl methyl sites for hydroxylation is 2. The van der Waals surface area contributed by atoms with Gasteiger partial charge in [0.25, 0.3) is 11.8 Å². The normalized spacial score (nSPS) is 15.7. The van der Waals surface area contributed by atoms with Gasteiger partial charge in [-0.05, 0) is 54.6 Å². The van der Waals surface area contributed by atoms with Crippen molar-refractivity contribution in [2.24, 2.45) is 0 Å². The van der Waals surface area contributed by atoms with Crippen LogP contribution in [0.1, 0.15) is 26.4 Å². The molecule has 1 aromatic carbocycles. The number of nitrogens with one attached hydrogen (secondary N) is 2. The average molecular weight is 385 g/mol. The van der Waals surface area contributed by atoms with Gasteiger partial charge in [0.1, 0.15) is 5.70 Å². The lowest BCUT2D eigenvalue weighted by Gasteiger charge is -2.30. The Labute approximate surface area is 164 Å². The highest BCUT2D eigenvalue weighted by Gasteiger charge is 2.25. The van der Waals surface area contributed by atoms with Crippen molar-refractivity contribution in [3.8, 4) is 0 Å². The lowest BCUT2D eigenvalue weighted by Crippen LogP contribution is -3.12. The molecule has 1 aromatic heterocycles. The van der Waals surface area contributed by atoms with Crippen molar-refractivity contribution in [1.29, 1.82) is 0 Å². The summed E-state index contributed by atoms with van der Waals surface area (Å²) in [6, 6.07) is 9.45. The lowest BCUT2D eigenvalue weighted by atomic mass is 10.1. The highest BCUT2D eigenvalue weighted by atomic mass is 32.1. The van der Waals surface area contributed by atoms with Crippen molar-refractivity contribution in [2.75, 3.05) is 33.2 Å². The number of hydrogen-bond acceptors (Lipinski definition) is 3. The van der Waals surface area contributed by atoms with E-state index in [2.05, 4.69) is 12.4 Å². The van der Waals surface area contributed by atoms with Gasteiger partial charge in [0, 0.05) is 10.4 Å². The summed E-state index contributed by atoms with van der Waals surface area (Å²) in [4.78, 5) is 30.0. The number of nitrogens with zero attached hydrogens (tertiary/aromatic N) is 1. The van der Waals surface area contributed by atoms with E-state index in [9.17, 15) is 9.59 Å². The zero-order valence-electron chi connectivity index (χ0n) is 16.0. The third-order valence-corrected chi connectivity index (χ3v) is 5.80. The molecular formula is C21H26N3O2S+. The minimum absolute atomic E-state index is 0.118. The van der Waals surface area contributed by atoms with Gasteiger partial charge < -0.3 is 15.1 Å². The van der Waals surface area contributed by atoms with E-state index in [0.29, 0.717) is 24.4 Å².